The van der Waals surface area contributed by atoms with Gasteiger partial charge < -0.3 is 0 Å². The number of aryl methyl sites for hydroxylation is 1. The third-order valence-corrected chi connectivity index (χ3v) is 2.21. The maximum atomic E-state index is 2.15. The molecule has 0 bridgehead atoms. The minimum atomic E-state index is 1.37. The van der Waals surface area contributed by atoms with Gasteiger partial charge in [-0.15, -0.1) is 11.8 Å². The molecule has 0 aliphatic carbocycles. The minimum Gasteiger partial charge on any atom is -0.129 e. The summed E-state index contributed by atoms with van der Waals surface area (Å²) in [6.07, 6.45) is 2.10. The lowest BCUT2D eigenvalue weighted by atomic mass is 10.2. The molecular weight excluding hydrogens is 267 g/mol. The first kappa shape index (κ1) is 11.3. The van der Waals surface area contributed by atoms with Gasteiger partial charge in [-0.3, -0.25) is 0 Å². The van der Waals surface area contributed by atoms with Crippen molar-refractivity contribution >= 4 is 34.4 Å². The van der Waals surface area contributed by atoms with Crippen molar-refractivity contribution in [3.63, 3.8) is 0 Å². The van der Waals surface area contributed by atoms with Crippen LogP contribution in [0.15, 0.2) is 29.2 Å². The van der Waals surface area contributed by atoms with Gasteiger partial charge >= 0.3 is 0 Å². The standard InChI is InChI=1S/C8H10S.CH3I/c1-7-5-3-4-6-8(7)9-2;1-2/h3-6H,1-2H3;1H3. The Morgan fingerprint density at radius 2 is 1.73 bits per heavy atom. The molecule has 62 valence electrons. The highest BCUT2D eigenvalue weighted by Crippen LogP contribution is 2.17. The fourth-order valence-corrected chi connectivity index (χ4v) is 1.39. The summed E-state index contributed by atoms with van der Waals surface area (Å²) in [7, 11) is 0. The van der Waals surface area contributed by atoms with E-state index in [1.807, 2.05) is 4.93 Å². The molecule has 0 atom stereocenters. The number of thioether (sulfide) groups is 1. The molecule has 0 amide bonds. The lowest BCUT2D eigenvalue weighted by Crippen LogP contribution is -1.74. The number of rotatable bonds is 1. The summed E-state index contributed by atoms with van der Waals surface area (Å²) < 4.78 is 0. The number of alkyl halides is 1. The molecule has 0 fully saturated rings. The van der Waals surface area contributed by atoms with Crippen LogP contribution >= 0.6 is 34.4 Å². The van der Waals surface area contributed by atoms with Crippen molar-refractivity contribution in [2.75, 3.05) is 11.2 Å². The summed E-state index contributed by atoms with van der Waals surface area (Å²) in [5, 5.41) is 0. The molecule has 0 aliphatic rings. The van der Waals surface area contributed by atoms with Crippen LogP contribution in [0.1, 0.15) is 5.56 Å². The Balaban J connectivity index is 0.000000461. The minimum absolute atomic E-state index is 1.37. The zero-order valence-corrected chi connectivity index (χ0v) is 10.1. The fourth-order valence-electron chi connectivity index (χ4n) is 0.785. The van der Waals surface area contributed by atoms with Gasteiger partial charge in [0.25, 0.3) is 0 Å². The van der Waals surface area contributed by atoms with Crippen molar-refractivity contribution in [1.29, 1.82) is 0 Å². The Morgan fingerprint density at radius 3 is 2.09 bits per heavy atom. The first-order chi connectivity index (χ1) is 5.34. The van der Waals surface area contributed by atoms with Crippen LogP contribution in [0.2, 0.25) is 0 Å². The van der Waals surface area contributed by atoms with E-state index < -0.39 is 0 Å². The van der Waals surface area contributed by atoms with Crippen LogP contribution in [-0.4, -0.2) is 11.2 Å². The van der Waals surface area contributed by atoms with Crippen LogP contribution in [0.4, 0.5) is 0 Å². The van der Waals surface area contributed by atoms with Gasteiger partial charge in [-0.05, 0) is 29.7 Å². The van der Waals surface area contributed by atoms with Crippen molar-refractivity contribution in [3.8, 4) is 0 Å². The van der Waals surface area contributed by atoms with Crippen LogP contribution < -0.4 is 0 Å². The summed E-state index contributed by atoms with van der Waals surface area (Å²) in [6, 6.07) is 8.40. The lowest BCUT2D eigenvalue weighted by Gasteiger charge is -1.97. The van der Waals surface area contributed by atoms with Crippen molar-refractivity contribution in [3.05, 3.63) is 29.8 Å². The Labute approximate surface area is 86.9 Å². The maximum absolute atomic E-state index is 2.15. The van der Waals surface area contributed by atoms with E-state index in [9.17, 15) is 0 Å². The van der Waals surface area contributed by atoms with Crippen molar-refractivity contribution in [1.82, 2.24) is 0 Å². The van der Waals surface area contributed by atoms with Crippen molar-refractivity contribution in [2.24, 2.45) is 0 Å². The van der Waals surface area contributed by atoms with Gasteiger partial charge in [0.15, 0.2) is 0 Å². The molecule has 11 heavy (non-hydrogen) atoms. The maximum Gasteiger partial charge on any atom is 0.00983 e. The largest absolute Gasteiger partial charge is 0.129 e. The molecule has 0 unspecified atom stereocenters. The first-order valence-corrected chi connectivity index (χ1v) is 6.70. The van der Waals surface area contributed by atoms with E-state index in [1.54, 1.807) is 11.8 Å². The fraction of sp³-hybridized carbons (Fsp3) is 0.333. The molecule has 0 spiro atoms. The second-order valence-corrected chi connectivity index (χ2v) is 2.82. The zero-order chi connectivity index (χ0) is 8.69. The lowest BCUT2D eigenvalue weighted by molar-refractivity contribution is 1.31. The molecule has 2 heteroatoms. The quantitative estimate of drug-likeness (QED) is 0.429. The summed E-state index contributed by atoms with van der Waals surface area (Å²) in [5.41, 5.74) is 1.37. The normalized spacial score (nSPS) is 8.36. The molecule has 0 saturated heterocycles. The van der Waals surface area contributed by atoms with Crippen LogP contribution in [0.25, 0.3) is 0 Å². The van der Waals surface area contributed by atoms with Crippen LogP contribution in [0.3, 0.4) is 0 Å². The highest BCUT2D eigenvalue weighted by atomic mass is 127. The van der Waals surface area contributed by atoms with Gasteiger partial charge in [-0.2, -0.15) is 0 Å². The molecule has 0 aliphatic heterocycles. The Bertz CT molecular complexity index is 199. The monoisotopic (exact) mass is 280 g/mol. The van der Waals surface area contributed by atoms with Gasteiger partial charge in [0.2, 0.25) is 0 Å². The second-order valence-electron chi connectivity index (χ2n) is 1.97. The molecule has 1 aromatic carbocycles. The van der Waals surface area contributed by atoms with Gasteiger partial charge in [-0.1, -0.05) is 40.8 Å². The SMILES string of the molecule is CI.CSc1ccccc1C. The second kappa shape index (κ2) is 6.98. The average Bonchev–Trinajstić information content (AvgIpc) is 2.09. The molecular formula is C9H13IS. The predicted molar refractivity (Wildman–Crippen MR) is 62.9 cm³/mol. The predicted octanol–water partition coefficient (Wildman–Crippen LogP) is 3.77. The summed E-state index contributed by atoms with van der Waals surface area (Å²) in [6.45, 7) is 2.13. The molecule has 1 rings (SSSR count). The van der Waals surface area contributed by atoms with Gasteiger partial charge in [-0.25, -0.2) is 0 Å². The molecule has 0 aromatic heterocycles. The first-order valence-electron chi connectivity index (χ1n) is 3.32. The van der Waals surface area contributed by atoms with Crippen molar-refractivity contribution < 1.29 is 0 Å². The van der Waals surface area contributed by atoms with Crippen molar-refractivity contribution in [2.45, 2.75) is 11.8 Å². The highest BCUT2D eigenvalue weighted by molar-refractivity contribution is 14.1. The average molecular weight is 280 g/mol. The van der Waals surface area contributed by atoms with E-state index >= 15 is 0 Å². The van der Waals surface area contributed by atoms with Gasteiger partial charge in [0.05, 0.1) is 0 Å². The topological polar surface area (TPSA) is 0 Å². The molecule has 0 heterocycles. The van der Waals surface area contributed by atoms with Crippen LogP contribution in [-0.2, 0) is 0 Å². The van der Waals surface area contributed by atoms with Gasteiger partial charge in [0.1, 0.15) is 0 Å². The Hall–Kier alpha value is 0.300. The summed E-state index contributed by atoms with van der Waals surface area (Å²) in [4.78, 5) is 3.34. The number of hydrogen-bond donors (Lipinski definition) is 0. The van der Waals surface area contributed by atoms with E-state index in [4.69, 9.17) is 0 Å². The number of benzene rings is 1. The smallest absolute Gasteiger partial charge is 0.00983 e. The summed E-state index contributed by atoms with van der Waals surface area (Å²) in [5.74, 6) is 0. The number of hydrogen-bond acceptors (Lipinski definition) is 1. The van der Waals surface area contributed by atoms with Crippen LogP contribution in [0.5, 0.6) is 0 Å². The van der Waals surface area contributed by atoms with Gasteiger partial charge in [0, 0.05) is 4.90 Å². The number of halogens is 1. The van der Waals surface area contributed by atoms with E-state index in [-0.39, 0.29) is 0 Å². The molecule has 0 nitrogen and oxygen atoms in total. The molecule has 0 N–H and O–H groups in total. The highest BCUT2D eigenvalue weighted by Gasteiger charge is 1.90. The van der Waals surface area contributed by atoms with E-state index in [2.05, 4.69) is 60.0 Å². The third-order valence-electron chi connectivity index (χ3n) is 1.31. The Kier molecular flexibility index (Phi) is 7.17. The van der Waals surface area contributed by atoms with E-state index in [1.165, 1.54) is 10.5 Å². The molecule has 1 aromatic rings. The van der Waals surface area contributed by atoms with E-state index in [0.717, 1.165) is 0 Å². The third kappa shape index (κ3) is 4.01. The Morgan fingerprint density at radius 1 is 1.18 bits per heavy atom. The molecule has 0 saturated carbocycles. The van der Waals surface area contributed by atoms with E-state index in [0.29, 0.717) is 0 Å². The molecule has 0 radical (unpaired) electrons. The van der Waals surface area contributed by atoms with Crippen LogP contribution in [0, 0.1) is 6.92 Å². The summed E-state index contributed by atoms with van der Waals surface area (Å²) >= 11 is 3.95. The zero-order valence-electron chi connectivity index (χ0n) is 7.10.